The summed E-state index contributed by atoms with van der Waals surface area (Å²) in [7, 11) is 0. The molecule has 0 saturated heterocycles. The van der Waals surface area contributed by atoms with Crippen molar-refractivity contribution in [2.45, 2.75) is 38.0 Å². The van der Waals surface area contributed by atoms with Crippen molar-refractivity contribution in [3.05, 3.63) is 200 Å². The van der Waals surface area contributed by atoms with Gasteiger partial charge < -0.3 is 4.90 Å². The minimum Gasteiger partial charge on any atom is -0.310 e. The fourth-order valence-electron chi connectivity index (χ4n) is 8.87. The van der Waals surface area contributed by atoms with E-state index in [-0.39, 0.29) is 0 Å². The Morgan fingerprint density at radius 3 is 1.66 bits per heavy atom. The molecule has 1 aliphatic rings. The number of hydrogen-bond acceptors (Lipinski definition) is 2. The van der Waals surface area contributed by atoms with Gasteiger partial charge in [-0.2, -0.15) is 0 Å². The molecule has 0 unspecified atom stereocenters. The van der Waals surface area contributed by atoms with Gasteiger partial charge in [0.15, 0.2) is 0 Å². The lowest BCUT2D eigenvalue weighted by Gasteiger charge is -2.27. The summed E-state index contributed by atoms with van der Waals surface area (Å²) in [5.41, 5.74) is 14.7. The van der Waals surface area contributed by atoms with Crippen molar-refractivity contribution in [2.75, 3.05) is 4.90 Å². The molecule has 1 aromatic heterocycles. The molecule has 10 rings (SSSR count). The largest absolute Gasteiger partial charge is 0.310 e. The maximum Gasteiger partial charge on any atom is 0.0476 e. The molecule has 270 valence electrons. The Morgan fingerprint density at radius 1 is 0.375 bits per heavy atom. The lowest BCUT2D eigenvalue weighted by Crippen LogP contribution is -2.10. The number of hydrogen-bond donors (Lipinski definition) is 0. The van der Waals surface area contributed by atoms with Crippen molar-refractivity contribution in [2.24, 2.45) is 0 Å². The maximum absolute atomic E-state index is 2.43. The van der Waals surface area contributed by atoms with Crippen LogP contribution in [-0.4, -0.2) is 0 Å². The van der Waals surface area contributed by atoms with Crippen LogP contribution in [0.25, 0.3) is 64.7 Å². The van der Waals surface area contributed by atoms with Crippen molar-refractivity contribution in [1.29, 1.82) is 0 Å². The summed E-state index contributed by atoms with van der Waals surface area (Å²) in [6, 6.07) is 71.7. The van der Waals surface area contributed by atoms with E-state index in [1.807, 2.05) is 11.3 Å². The fourth-order valence-corrected chi connectivity index (χ4v) is 10.0. The Bertz CT molecular complexity index is 2700. The zero-order chi connectivity index (χ0) is 37.3. The first-order chi connectivity index (χ1) is 27.8. The normalized spacial score (nSPS) is 13.3. The van der Waals surface area contributed by atoms with E-state index in [1.54, 1.807) is 0 Å². The first-order valence-corrected chi connectivity index (χ1v) is 20.8. The summed E-state index contributed by atoms with van der Waals surface area (Å²) < 4.78 is 2.62. The van der Waals surface area contributed by atoms with Gasteiger partial charge in [-0.3, -0.25) is 0 Å². The predicted octanol–water partition coefficient (Wildman–Crippen LogP) is 16.2. The highest BCUT2D eigenvalue weighted by atomic mass is 32.1. The van der Waals surface area contributed by atoms with Crippen LogP contribution in [0.2, 0.25) is 0 Å². The molecule has 0 aliphatic heterocycles. The van der Waals surface area contributed by atoms with Crippen LogP contribution >= 0.6 is 11.3 Å². The van der Waals surface area contributed by atoms with Gasteiger partial charge in [-0.15, -0.1) is 11.3 Å². The highest BCUT2D eigenvalue weighted by Gasteiger charge is 2.19. The zero-order valence-electron chi connectivity index (χ0n) is 31.4. The molecule has 0 amide bonds. The third-order valence-corrected chi connectivity index (χ3v) is 12.8. The molecule has 1 nitrogen and oxygen atoms in total. The Kier molecular flexibility index (Phi) is 9.27. The minimum atomic E-state index is 0.704. The molecule has 1 heterocycles. The van der Waals surface area contributed by atoms with Gasteiger partial charge in [0.1, 0.15) is 0 Å². The predicted molar refractivity (Wildman–Crippen MR) is 242 cm³/mol. The second kappa shape index (κ2) is 15.1. The Labute approximate surface area is 334 Å². The van der Waals surface area contributed by atoms with Gasteiger partial charge in [0.05, 0.1) is 0 Å². The molecule has 1 fully saturated rings. The van der Waals surface area contributed by atoms with Crippen molar-refractivity contribution in [3.8, 4) is 44.5 Å². The van der Waals surface area contributed by atoms with Crippen molar-refractivity contribution in [3.63, 3.8) is 0 Å². The quantitative estimate of drug-likeness (QED) is 0.150. The first-order valence-electron chi connectivity index (χ1n) is 20.0. The van der Waals surface area contributed by atoms with Crippen LogP contribution in [0.5, 0.6) is 0 Å². The van der Waals surface area contributed by atoms with E-state index in [2.05, 4.69) is 199 Å². The molecule has 0 atom stereocenters. The van der Waals surface area contributed by atoms with Gasteiger partial charge in [0.25, 0.3) is 0 Å². The van der Waals surface area contributed by atoms with Crippen LogP contribution < -0.4 is 4.90 Å². The molecular weight excluding hydrogens is 695 g/mol. The summed E-state index contributed by atoms with van der Waals surface area (Å²) in [5.74, 6) is 0.704. The summed E-state index contributed by atoms with van der Waals surface area (Å²) in [5, 5.41) is 2.63. The third-order valence-electron chi connectivity index (χ3n) is 11.7. The lowest BCUT2D eigenvalue weighted by atomic mass is 9.84. The zero-order valence-corrected chi connectivity index (χ0v) is 32.3. The van der Waals surface area contributed by atoms with Gasteiger partial charge >= 0.3 is 0 Å². The van der Waals surface area contributed by atoms with Crippen LogP contribution in [0, 0.1) is 0 Å². The second-order valence-electron chi connectivity index (χ2n) is 15.1. The molecule has 1 aliphatic carbocycles. The van der Waals surface area contributed by atoms with Crippen LogP contribution in [-0.2, 0) is 0 Å². The third kappa shape index (κ3) is 6.61. The molecule has 2 heteroatoms. The van der Waals surface area contributed by atoms with Gasteiger partial charge in [0.2, 0.25) is 0 Å². The van der Waals surface area contributed by atoms with E-state index in [9.17, 15) is 0 Å². The van der Waals surface area contributed by atoms with E-state index in [4.69, 9.17) is 0 Å². The molecule has 0 radical (unpaired) electrons. The molecule has 9 aromatic rings. The van der Waals surface area contributed by atoms with E-state index >= 15 is 0 Å². The van der Waals surface area contributed by atoms with E-state index in [0.29, 0.717) is 5.92 Å². The van der Waals surface area contributed by atoms with Crippen molar-refractivity contribution in [1.82, 2.24) is 0 Å². The number of thiophene rings is 1. The van der Waals surface area contributed by atoms with Crippen LogP contribution in [0.1, 0.15) is 43.6 Å². The molecule has 0 N–H and O–H groups in total. The van der Waals surface area contributed by atoms with E-state index in [1.165, 1.54) is 102 Å². The highest BCUT2D eigenvalue weighted by molar-refractivity contribution is 7.25. The van der Waals surface area contributed by atoms with Crippen molar-refractivity contribution < 1.29 is 0 Å². The summed E-state index contributed by atoms with van der Waals surface area (Å²) in [6.07, 6.45) is 6.72. The first kappa shape index (κ1) is 34.3. The van der Waals surface area contributed by atoms with Crippen molar-refractivity contribution >= 4 is 48.6 Å². The molecule has 8 aromatic carbocycles. The average Bonchev–Trinajstić information content (AvgIpc) is 3.66. The molecule has 56 heavy (non-hydrogen) atoms. The Balaban J connectivity index is 1.09. The number of benzene rings is 8. The van der Waals surface area contributed by atoms with Gasteiger partial charge in [-0.05, 0) is 111 Å². The fraction of sp³-hybridized carbons (Fsp3) is 0.111. The topological polar surface area (TPSA) is 3.24 Å². The van der Waals surface area contributed by atoms with Gasteiger partial charge in [-0.25, -0.2) is 0 Å². The van der Waals surface area contributed by atoms with E-state index < -0.39 is 0 Å². The van der Waals surface area contributed by atoms with Gasteiger partial charge in [-0.1, -0.05) is 171 Å². The Hall–Kier alpha value is -6.22. The number of fused-ring (bicyclic) bond motifs is 3. The molecule has 1 saturated carbocycles. The Morgan fingerprint density at radius 2 is 0.946 bits per heavy atom. The van der Waals surface area contributed by atoms with Crippen LogP contribution in [0.3, 0.4) is 0 Å². The summed E-state index contributed by atoms with van der Waals surface area (Å²) in [6.45, 7) is 0. The standard InChI is InChI=1S/C54H43NS/c1-4-14-38(15-5-1)39-26-28-40(29-27-39)44-20-12-21-46(36-44)55(47-34-35-51-50-22-10-11-25-52(50)56-53(51)37-47)45-32-30-43(31-33-45)54-48(41-16-6-2-7-17-41)23-13-24-49(54)42-18-8-3-9-19-42/h2-3,6-13,16-38H,1,4-5,14-15H2. The minimum absolute atomic E-state index is 0.704. The highest BCUT2D eigenvalue weighted by Crippen LogP contribution is 2.44. The van der Waals surface area contributed by atoms with E-state index in [0.717, 1.165) is 17.1 Å². The summed E-state index contributed by atoms with van der Waals surface area (Å²) in [4.78, 5) is 2.43. The number of anilines is 3. The monoisotopic (exact) mass is 737 g/mol. The van der Waals surface area contributed by atoms with Crippen LogP contribution in [0.15, 0.2) is 194 Å². The molecular formula is C54H43NS. The second-order valence-corrected chi connectivity index (χ2v) is 16.2. The molecule has 0 bridgehead atoms. The number of nitrogens with zero attached hydrogens (tertiary/aromatic N) is 1. The lowest BCUT2D eigenvalue weighted by molar-refractivity contribution is 0.443. The summed E-state index contributed by atoms with van der Waals surface area (Å²) >= 11 is 1.87. The van der Waals surface area contributed by atoms with Gasteiger partial charge in [0, 0.05) is 37.2 Å². The smallest absolute Gasteiger partial charge is 0.0476 e. The molecule has 0 spiro atoms. The van der Waals surface area contributed by atoms with Crippen LogP contribution in [0.4, 0.5) is 17.1 Å². The number of rotatable bonds is 8. The average molecular weight is 738 g/mol. The maximum atomic E-state index is 2.43. The SMILES string of the molecule is c1ccc(-c2cccc(-c3ccccc3)c2-c2ccc(N(c3cccc(-c4ccc(C5CCCCC5)cc4)c3)c3ccc4c(c3)sc3ccccc34)cc2)cc1.